The molecule has 0 aliphatic carbocycles. The molecule has 1 amide bonds. The molecule has 146 valence electrons. The molecule has 0 radical (unpaired) electrons. The minimum absolute atomic E-state index is 0.0362. The first-order chi connectivity index (χ1) is 14.0. The Kier molecular flexibility index (Phi) is 6.51. The number of carbonyl (C=O) groups excluding carboxylic acids is 2. The van der Waals surface area contributed by atoms with E-state index < -0.39 is 18.5 Å². The maximum Gasteiger partial charge on any atom is 0.374 e. The van der Waals surface area contributed by atoms with Gasteiger partial charge in [-0.05, 0) is 42.5 Å². The van der Waals surface area contributed by atoms with Crippen LogP contribution in [0, 0.1) is 11.3 Å². The van der Waals surface area contributed by atoms with Crippen molar-refractivity contribution in [3.63, 3.8) is 0 Å². The van der Waals surface area contributed by atoms with Crippen molar-refractivity contribution in [3.8, 4) is 11.8 Å². The predicted octanol–water partition coefficient (Wildman–Crippen LogP) is 4.18. The van der Waals surface area contributed by atoms with Crippen molar-refractivity contribution in [2.45, 2.75) is 6.61 Å². The highest BCUT2D eigenvalue weighted by molar-refractivity contribution is 6.32. The number of nitriles is 1. The Bertz CT molecular complexity index is 1060. The van der Waals surface area contributed by atoms with Gasteiger partial charge in [0.25, 0.3) is 5.91 Å². The molecule has 0 unspecified atom stereocenters. The number of nitrogens with zero attached hydrogens (tertiary/aromatic N) is 1. The van der Waals surface area contributed by atoms with Crippen LogP contribution in [0.4, 0.5) is 5.69 Å². The van der Waals surface area contributed by atoms with Crippen molar-refractivity contribution in [1.29, 1.82) is 5.26 Å². The van der Waals surface area contributed by atoms with E-state index in [9.17, 15) is 9.59 Å². The Morgan fingerprint density at radius 3 is 2.62 bits per heavy atom. The fourth-order valence-electron chi connectivity index (χ4n) is 2.32. The summed E-state index contributed by atoms with van der Waals surface area (Å²) in [5.74, 6) is -0.252. The average molecular weight is 411 g/mol. The normalized spacial score (nSPS) is 10.1. The van der Waals surface area contributed by atoms with Gasteiger partial charge >= 0.3 is 5.97 Å². The van der Waals surface area contributed by atoms with E-state index in [1.807, 2.05) is 24.3 Å². The smallest absolute Gasteiger partial charge is 0.374 e. The molecule has 0 bridgehead atoms. The molecule has 29 heavy (non-hydrogen) atoms. The molecule has 1 aromatic heterocycles. The highest BCUT2D eigenvalue weighted by Crippen LogP contribution is 2.20. The van der Waals surface area contributed by atoms with Crippen molar-refractivity contribution in [3.05, 3.63) is 82.8 Å². The van der Waals surface area contributed by atoms with E-state index in [2.05, 4.69) is 5.32 Å². The minimum Gasteiger partial charge on any atom is -0.486 e. The van der Waals surface area contributed by atoms with E-state index in [4.69, 9.17) is 30.8 Å². The first-order valence-electron chi connectivity index (χ1n) is 8.48. The van der Waals surface area contributed by atoms with Crippen molar-refractivity contribution >= 4 is 29.2 Å². The summed E-state index contributed by atoms with van der Waals surface area (Å²) < 4.78 is 15.9. The van der Waals surface area contributed by atoms with Crippen LogP contribution in [-0.2, 0) is 16.1 Å². The molecular formula is C21H15ClN2O5. The summed E-state index contributed by atoms with van der Waals surface area (Å²) >= 11 is 5.91. The van der Waals surface area contributed by atoms with Crippen molar-refractivity contribution in [1.82, 2.24) is 0 Å². The fraction of sp³-hybridized carbons (Fsp3) is 0.0952. The highest BCUT2D eigenvalue weighted by Gasteiger charge is 2.15. The van der Waals surface area contributed by atoms with Gasteiger partial charge in [0.15, 0.2) is 6.61 Å². The van der Waals surface area contributed by atoms with E-state index >= 15 is 0 Å². The standard InChI is InChI=1S/C21H15ClN2O5/c22-18-10-15(7-6-14(18)11-23)24-20(25)13-28-21(26)19-9-8-17(29-19)12-27-16-4-2-1-3-5-16/h1-10H,12-13H2,(H,24,25). The fourth-order valence-corrected chi connectivity index (χ4v) is 2.54. The van der Waals surface area contributed by atoms with Gasteiger partial charge in [0.05, 0.1) is 10.6 Å². The lowest BCUT2D eigenvalue weighted by Crippen LogP contribution is -2.20. The summed E-state index contributed by atoms with van der Waals surface area (Å²) in [6.07, 6.45) is 0. The number of para-hydroxylation sites is 1. The number of benzene rings is 2. The number of rotatable bonds is 7. The lowest BCUT2D eigenvalue weighted by Gasteiger charge is -2.07. The van der Waals surface area contributed by atoms with Crippen molar-refractivity contribution in [2.24, 2.45) is 0 Å². The van der Waals surface area contributed by atoms with Gasteiger partial charge in [-0.3, -0.25) is 4.79 Å². The summed E-state index contributed by atoms with van der Waals surface area (Å²) in [5, 5.41) is 11.6. The van der Waals surface area contributed by atoms with Crippen molar-refractivity contribution < 1.29 is 23.5 Å². The third-order valence-corrected chi connectivity index (χ3v) is 4.01. The number of hydrogen-bond acceptors (Lipinski definition) is 6. The largest absolute Gasteiger partial charge is 0.486 e. The van der Waals surface area contributed by atoms with Gasteiger partial charge in [-0.2, -0.15) is 5.26 Å². The number of ether oxygens (including phenoxy) is 2. The molecule has 3 rings (SSSR count). The van der Waals surface area contributed by atoms with Gasteiger partial charge < -0.3 is 19.2 Å². The van der Waals surface area contributed by atoms with Crippen LogP contribution in [0.15, 0.2) is 65.1 Å². The maximum atomic E-state index is 12.0. The first-order valence-corrected chi connectivity index (χ1v) is 8.86. The number of amides is 1. The number of nitrogens with one attached hydrogen (secondary N) is 1. The number of anilines is 1. The van der Waals surface area contributed by atoms with Crippen LogP contribution in [-0.4, -0.2) is 18.5 Å². The summed E-state index contributed by atoms with van der Waals surface area (Å²) in [4.78, 5) is 24.0. The van der Waals surface area contributed by atoms with Crippen molar-refractivity contribution in [2.75, 3.05) is 11.9 Å². The minimum atomic E-state index is -0.774. The molecule has 0 fully saturated rings. The molecule has 0 aliphatic rings. The van der Waals surface area contributed by atoms with Crippen LogP contribution in [0.25, 0.3) is 0 Å². The number of esters is 1. The lowest BCUT2D eigenvalue weighted by molar-refractivity contribution is -0.119. The Morgan fingerprint density at radius 1 is 1.10 bits per heavy atom. The topological polar surface area (TPSA) is 102 Å². The molecule has 0 atom stereocenters. The van der Waals surface area contributed by atoms with Crippen LogP contribution in [0.2, 0.25) is 5.02 Å². The van der Waals surface area contributed by atoms with E-state index in [-0.39, 0.29) is 17.4 Å². The third-order valence-electron chi connectivity index (χ3n) is 3.69. The Labute approximate surface area is 171 Å². The van der Waals surface area contributed by atoms with E-state index in [0.29, 0.717) is 22.8 Å². The predicted molar refractivity (Wildman–Crippen MR) is 105 cm³/mol. The van der Waals surface area contributed by atoms with E-state index in [1.54, 1.807) is 18.2 Å². The zero-order chi connectivity index (χ0) is 20.6. The van der Waals surface area contributed by atoms with E-state index in [0.717, 1.165) is 0 Å². The summed E-state index contributed by atoms with van der Waals surface area (Å²) in [6.45, 7) is -0.357. The summed E-state index contributed by atoms with van der Waals surface area (Å²) in [5.41, 5.74) is 0.675. The van der Waals surface area contributed by atoms with Gasteiger partial charge in [-0.1, -0.05) is 29.8 Å². The SMILES string of the molecule is N#Cc1ccc(NC(=O)COC(=O)c2ccc(COc3ccccc3)o2)cc1Cl. The van der Waals surface area contributed by atoms with Gasteiger partial charge in [0.2, 0.25) is 5.76 Å². The molecule has 0 aliphatic heterocycles. The molecule has 0 saturated carbocycles. The summed E-state index contributed by atoms with van der Waals surface area (Å²) in [7, 11) is 0. The van der Waals surface area contributed by atoms with Crippen LogP contribution in [0.5, 0.6) is 5.75 Å². The monoisotopic (exact) mass is 410 g/mol. The summed E-state index contributed by atoms with van der Waals surface area (Å²) in [6, 6.07) is 18.6. The molecule has 0 saturated heterocycles. The van der Waals surface area contributed by atoms with Gasteiger partial charge in [0, 0.05) is 5.69 Å². The number of carbonyl (C=O) groups is 2. The number of hydrogen-bond donors (Lipinski definition) is 1. The van der Waals surface area contributed by atoms with Gasteiger partial charge in [-0.15, -0.1) is 0 Å². The van der Waals surface area contributed by atoms with Gasteiger partial charge in [0.1, 0.15) is 24.2 Å². The zero-order valence-electron chi connectivity index (χ0n) is 15.1. The van der Waals surface area contributed by atoms with Crippen LogP contribution in [0.1, 0.15) is 21.9 Å². The Morgan fingerprint density at radius 2 is 1.90 bits per heavy atom. The Hall–Kier alpha value is -3.76. The van der Waals surface area contributed by atoms with Crippen LogP contribution >= 0.6 is 11.6 Å². The second-order valence-corrected chi connectivity index (χ2v) is 6.21. The molecule has 1 heterocycles. The third kappa shape index (κ3) is 5.61. The molecule has 1 N–H and O–H groups in total. The van der Waals surface area contributed by atoms with Crippen LogP contribution < -0.4 is 10.1 Å². The molecular weight excluding hydrogens is 396 g/mol. The second kappa shape index (κ2) is 9.44. The Balaban J connectivity index is 1.48. The molecule has 0 spiro atoms. The first kappa shape index (κ1) is 20.0. The quantitative estimate of drug-likeness (QED) is 0.586. The molecule has 7 nitrogen and oxygen atoms in total. The van der Waals surface area contributed by atoms with E-state index in [1.165, 1.54) is 24.3 Å². The average Bonchev–Trinajstić information content (AvgIpc) is 3.21. The maximum absolute atomic E-state index is 12.0. The highest BCUT2D eigenvalue weighted by atomic mass is 35.5. The lowest BCUT2D eigenvalue weighted by atomic mass is 10.2. The molecule has 2 aromatic carbocycles. The molecule has 8 heteroatoms. The number of halogens is 1. The van der Waals surface area contributed by atoms with Gasteiger partial charge in [-0.25, -0.2) is 4.79 Å². The zero-order valence-corrected chi connectivity index (χ0v) is 15.8. The number of furan rings is 1. The molecule has 3 aromatic rings. The second-order valence-electron chi connectivity index (χ2n) is 5.80. The van der Waals surface area contributed by atoms with Crippen LogP contribution in [0.3, 0.4) is 0 Å².